The van der Waals surface area contributed by atoms with Crippen molar-refractivity contribution in [3.8, 4) is 0 Å². The molecule has 0 aliphatic carbocycles. The lowest BCUT2D eigenvalue weighted by Gasteiger charge is -2.17. The predicted molar refractivity (Wildman–Crippen MR) is 111 cm³/mol. The molecule has 28 heavy (non-hydrogen) atoms. The molecule has 2 heterocycles. The molecule has 0 spiro atoms. The zero-order valence-electron chi connectivity index (χ0n) is 16.7. The Morgan fingerprint density at radius 2 is 1.79 bits per heavy atom. The number of hydrogen-bond acceptors (Lipinski definition) is 8. The minimum atomic E-state index is -0.0699. The van der Waals surface area contributed by atoms with Crippen molar-refractivity contribution in [3.63, 3.8) is 0 Å². The number of fused-ring (bicyclic) bond motifs is 1. The van der Waals surface area contributed by atoms with Crippen LogP contribution in [0, 0.1) is 6.92 Å². The molecule has 10 heteroatoms. The summed E-state index contributed by atoms with van der Waals surface area (Å²) in [6.45, 7) is 2.54. The maximum absolute atomic E-state index is 12.2. The molecule has 0 saturated heterocycles. The number of anilines is 2. The molecule has 9 nitrogen and oxygen atoms in total. The molecule has 0 bridgehead atoms. The number of hydrogen-bond donors (Lipinski definition) is 1. The Hall–Kier alpha value is -2.88. The number of amides is 1. The summed E-state index contributed by atoms with van der Waals surface area (Å²) in [5.41, 5.74) is 2.26. The van der Waals surface area contributed by atoms with Crippen LogP contribution in [0.2, 0.25) is 0 Å². The lowest BCUT2D eigenvalue weighted by Crippen LogP contribution is -2.24. The minimum Gasteiger partial charge on any atom is -0.351 e. The average Bonchev–Trinajstić information content (AvgIpc) is 3.08. The third-order valence-electron chi connectivity index (χ3n) is 3.96. The van der Waals surface area contributed by atoms with E-state index in [0.717, 1.165) is 5.56 Å². The van der Waals surface area contributed by atoms with E-state index in [0.29, 0.717) is 29.4 Å². The van der Waals surface area contributed by atoms with Crippen molar-refractivity contribution in [2.24, 2.45) is 0 Å². The Labute approximate surface area is 168 Å². The van der Waals surface area contributed by atoms with E-state index in [4.69, 9.17) is 0 Å². The number of thioether (sulfide) groups is 1. The Kier molecular flexibility index (Phi) is 5.98. The Morgan fingerprint density at radius 1 is 1.07 bits per heavy atom. The quantitative estimate of drug-likeness (QED) is 0.595. The third-order valence-corrected chi connectivity index (χ3v) is 4.89. The molecule has 1 N–H and O–H groups in total. The van der Waals surface area contributed by atoms with E-state index in [-0.39, 0.29) is 11.7 Å². The molecule has 0 saturated carbocycles. The maximum Gasteiger partial charge on any atom is 0.261 e. The fourth-order valence-electron chi connectivity index (χ4n) is 2.44. The van der Waals surface area contributed by atoms with Crippen molar-refractivity contribution in [2.75, 3.05) is 43.7 Å². The summed E-state index contributed by atoms with van der Waals surface area (Å²) < 4.78 is 1.75. The van der Waals surface area contributed by atoms with Crippen LogP contribution < -0.4 is 15.1 Å². The molecular weight excluding hydrogens is 376 g/mol. The average molecular weight is 401 g/mol. The number of carbonyl (C=O) groups is 1. The third kappa shape index (κ3) is 4.50. The Bertz CT molecular complexity index is 968. The monoisotopic (exact) mass is 400 g/mol. The second-order valence-electron chi connectivity index (χ2n) is 6.78. The number of aryl methyl sites for hydroxylation is 1. The number of rotatable bonds is 7. The number of nitrogens with zero attached hydrogens (tertiary/aromatic N) is 7. The molecule has 0 aliphatic rings. The van der Waals surface area contributed by atoms with Crippen molar-refractivity contribution in [1.82, 2.24) is 29.9 Å². The van der Waals surface area contributed by atoms with Gasteiger partial charge in [0.25, 0.3) is 5.78 Å². The van der Waals surface area contributed by atoms with Crippen molar-refractivity contribution >= 4 is 35.3 Å². The van der Waals surface area contributed by atoms with Crippen LogP contribution in [-0.2, 0) is 11.3 Å². The van der Waals surface area contributed by atoms with Crippen LogP contribution in [0.25, 0.3) is 5.78 Å². The summed E-state index contributed by atoms with van der Waals surface area (Å²) in [5.74, 6) is 1.82. The van der Waals surface area contributed by atoms with Crippen LogP contribution in [0.4, 0.5) is 11.9 Å². The fourth-order valence-corrected chi connectivity index (χ4v) is 3.20. The van der Waals surface area contributed by atoms with Gasteiger partial charge >= 0.3 is 0 Å². The molecule has 0 aliphatic heterocycles. The van der Waals surface area contributed by atoms with E-state index in [2.05, 4.69) is 25.5 Å². The second-order valence-corrected chi connectivity index (χ2v) is 7.72. The molecule has 1 aromatic carbocycles. The molecule has 0 unspecified atom stereocenters. The molecule has 1 amide bonds. The first kappa shape index (κ1) is 19.9. The van der Waals surface area contributed by atoms with Gasteiger partial charge in [0.2, 0.25) is 17.8 Å². The van der Waals surface area contributed by atoms with Crippen molar-refractivity contribution < 1.29 is 4.79 Å². The number of nitrogens with one attached hydrogen (secondary N) is 1. The highest BCUT2D eigenvalue weighted by Crippen LogP contribution is 2.22. The summed E-state index contributed by atoms with van der Waals surface area (Å²) in [6, 6.07) is 8.09. The normalized spacial score (nSPS) is 10.9. The lowest BCUT2D eigenvalue weighted by molar-refractivity contribution is -0.118. The van der Waals surface area contributed by atoms with Gasteiger partial charge in [-0.2, -0.15) is 9.97 Å². The SMILES string of the molecule is Cc1ccc(CNC(=O)CSc2nnc3nc(N(C)C)nc(N(C)C)n23)cc1. The maximum atomic E-state index is 12.2. The van der Waals surface area contributed by atoms with Crippen molar-refractivity contribution in [3.05, 3.63) is 35.4 Å². The number of benzene rings is 1. The standard InChI is InChI=1S/C18H24N8OS/c1-12-6-8-13(9-7-12)10-19-14(27)11-28-18-23-22-16-20-15(24(2)3)21-17(25(4)5)26(16)18/h6-9H,10-11H2,1-5H3,(H,19,27). The summed E-state index contributed by atoms with van der Waals surface area (Å²) in [4.78, 5) is 24.9. The molecular formula is C18H24N8OS. The number of carbonyl (C=O) groups excluding carboxylic acids is 1. The van der Waals surface area contributed by atoms with E-state index in [1.807, 2.05) is 69.2 Å². The first-order chi connectivity index (χ1) is 13.3. The minimum absolute atomic E-state index is 0.0699. The predicted octanol–water partition coefficient (Wildman–Crippen LogP) is 1.37. The van der Waals surface area contributed by atoms with Gasteiger partial charge in [-0.25, -0.2) is 4.40 Å². The molecule has 2 aromatic heterocycles. The van der Waals surface area contributed by atoms with Crippen molar-refractivity contribution in [2.45, 2.75) is 18.6 Å². The molecule has 3 rings (SSSR count). The van der Waals surface area contributed by atoms with Gasteiger partial charge in [-0.05, 0) is 12.5 Å². The van der Waals surface area contributed by atoms with Gasteiger partial charge in [0.15, 0.2) is 5.16 Å². The smallest absolute Gasteiger partial charge is 0.261 e. The van der Waals surface area contributed by atoms with Crippen LogP contribution in [0.1, 0.15) is 11.1 Å². The van der Waals surface area contributed by atoms with Gasteiger partial charge in [-0.1, -0.05) is 41.6 Å². The van der Waals surface area contributed by atoms with Gasteiger partial charge in [-0.15, -0.1) is 10.2 Å². The Morgan fingerprint density at radius 3 is 2.43 bits per heavy atom. The zero-order valence-corrected chi connectivity index (χ0v) is 17.5. The fraction of sp³-hybridized carbons (Fsp3) is 0.389. The van der Waals surface area contributed by atoms with Gasteiger partial charge in [0.05, 0.1) is 5.75 Å². The first-order valence-electron chi connectivity index (χ1n) is 8.78. The van der Waals surface area contributed by atoms with E-state index in [1.165, 1.54) is 17.3 Å². The van der Waals surface area contributed by atoms with Crippen LogP contribution >= 0.6 is 11.8 Å². The van der Waals surface area contributed by atoms with Gasteiger partial charge < -0.3 is 15.1 Å². The van der Waals surface area contributed by atoms with Crippen LogP contribution in [0.15, 0.2) is 29.4 Å². The summed E-state index contributed by atoms with van der Waals surface area (Å²) >= 11 is 1.31. The van der Waals surface area contributed by atoms with E-state index >= 15 is 0 Å². The summed E-state index contributed by atoms with van der Waals surface area (Å²) in [5, 5.41) is 11.8. The van der Waals surface area contributed by atoms with Gasteiger partial charge in [0, 0.05) is 34.7 Å². The number of aromatic nitrogens is 5. The van der Waals surface area contributed by atoms with Crippen molar-refractivity contribution in [1.29, 1.82) is 0 Å². The van der Waals surface area contributed by atoms with E-state index < -0.39 is 0 Å². The lowest BCUT2D eigenvalue weighted by atomic mass is 10.1. The van der Waals surface area contributed by atoms with E-state index in [1.54, 1.807) is 4.40 Å². The van der Waals surface area contributed by atoms with Crippen LogP contribution in [0.5, 0.6) is 0 Å². The van der Waals surface area contributed by atoms with Crippen LogP contribution in [0.3, 0.4) is 0 Å². The van der Waals surface area contributed by atoms with E-state index in [9.17, 15) is 4.79 Å². The molecule has 148 valence electrons. The highest BCUT2D eigenvalue weighted by molar-refractivity contribution is 7.99. The first-order valence-corrected chi connectivity index (χ1v) is 9.76. The summed E-state index contributed by atoms with van der Waals surface area (Å²) in [7, 11) is 7.53. The summed E-state index contributed by atoms with van der Waals surface area (Å²) in [6.07, 6.45) is 0. The largest absolute Gasteiger partial charge is 0.351 e. The molecule has 0 radical (unpaired) electrons. The molecule has 3 aromatic rings. The highest BCUT2D eigenvalue weighted by Gasteiger charge is 2.17. The topological polar surface area (TPSA) is 91.5 Å². The molecule has 0 atom stereocenters. The Balaban J connectivity index is 1.70. The van der Waals surface area contributed by atoms with Crippen LogP contribution in [-0.4, -0.2) is 64.4 Å². The highest BCUT2D eigenvalue weighted by atomic mass is 32.2. The van der Waals surface area contributed by atoms with Gasteiger partial charge in [-0.3, -0.25) is 4.79 Å². The zero-order chi connectivity index (χ0) is 20.3. The molecule has 0 fully saturated rings. The van der Waals surface area contributed by atoms with Gasteiger partial charge in [0.1, 0.15) is 0 Å². The second kappa shape index (κ2) is 8.42.